The first kappa shape index (κ1) is 14.4. The summed E-state index contributed by atoms with van der Waals surface area (Å²) in [7, 11) is 1.69. The summed E-state index contributed by atoms with van der Waals surface area (Å²) in [5, 5.41) is 3.53. The van der Waals surface area contributed by atoms with Gasteiger partial charge in [-0.1, -0.05) is 19.4 Å². The molecule has 1 aliphatic carbocycles. The number of aryl methyl sites for hydroxylation is 1. The zero-order valence-corrected chi connectivity index (χ0v) is 13.1. The van der Waals surface area contributed by atoms with Crippen molar-refractivity contribution in [2.24, 2.45) is 0 Å². The maximum Gasteiger partial charge on any atom is 0.241 e. The largest absolute Gasteiger partial charge is 0.496 e. The molecular weight excluding hydrogens is 264 g/mol. The first-order valence-corrected chi connectivity index (χ1v) is 7.88. The first-order chi connectivity index (χ1) is 10.2. The molecule has 1 aromatic carbocycles. The third kappa shape index (κ3) is 2.64. The second-order valence-electron chi connectivity index (χ2n) is 6.12. The number of ether oxygens (including phenoxy) is 1. The molecule has 0 aromatic heterocycles. The van der Waals surface area contributed by atoms with E-state index in [9.17, 15) is 4.79 Å². The highest BCUT2D eigenvalue weighted by Crippen LogP contribution is 2.38. The van der Waals surface area contributed by atoms with Gasteiger partial charge in [-0.05, 0) is 49.4 Å². The van der Waals surface area contributed by atoms with E-state index in [1.165, 1.54) is 0 Å². The van der Waals surface area contributed by atoms with Crippen molar-refractivity contribution in [3.8, 4) is 5.75 Å². The van der Waals surface area contributed by atoms with E-state index in [0.29, 0.717) is 6.04 Å². The highest BCUT2D eigenvalue weighted by Gasteiger charge is 2.46. The normalized spacial score (nSPS) is 25.5. The minimum atomic E-state index is -0.0250. The van der Waals surface area contributed by atoms with Gasteiger partial charge in [-0.15, -0.1) is 0 Å². The van der Waals surface area contributed by atoms with Crippen molar-refractivity contribution >= 4 is 5.91 Å². The van der Waals surface area contributed by atoms with Crippen molar-refractivity contribution in [3.63, 3.8) is 0 Å². The molecule has 3 rings (SSSR count). The topological polar surface area (TPSA) is 41.6 Å². The number of benzene rings is 1. The van der Waals surface area contributed by atoms with Crippen LogP contribution in [0.15, 0.2) is 18.2 Å². The molecule has 1 aromatic rings. The van der Waals surface area contributed by atoms with Crippen molar-refractivity contribution < 1.29 is 9.53 Å². The lowest BCUT2D eigenvalue weighted by Gasteiger charge is -2.25. The molecule has 0 spiro atoms. The van der Waals surface area contributed by atoms with Crippen molar-refractivity contribution in [2.45, 2.75) is 57.8 Å². The molecule has 4 nitrogen and oxygen atoms in total. The Morgan fingerprint density at radius 1 is 1.38 bits per heavy atom. The Morgan fingerprint density at radius 3 is 2.71 bits per heavy atom. The highest BCUT2D eigenvalue weighted by molar-refractivity contribution is 5.85. The van der Waals surface area contributed by atoms with Crippen LogP contribution in [0, 0.1) is 6.92 Å². The molecule has 1 amide bonds. The van der Waals surface area contributed by atoms with Crippen molar-refractivity contribution in [1.29, 1.82) is 0 Å². The summed E-state index contributed by atoms with van der Waals surface area (Å²) < 4.78 is 5.33. The van der Waals surface area contributed by atoms with Gasteiger partial charge in [-0.2, -0.15) is 0 Å². The number of hydrogen-bond acceptors (Lipinski definition) is 3. The number of nitrogens with one attached hydrogen (secondary N) is 1. The van der Waals surface area contributed by atoms with E-state index < -0.39 is 0 Å². The van der Waals surface area contributed by atoms with E-state index in [4.69, 9.17) is 4.74 Å². The number of amides is 1. The van der Waals surface area contributed by atoms with Crippen LogP contribution in [0.2, 0.25) is 0 Å². The van der Waals surface area contributed by atoms with E-state index in [0.717, 1.165) is 42.6 Å². The van der Waals surface area contributed by atoms with E-state index in [1.54, 1.807) is 7.11 Å². The summed E-state index contributed by atoms with van der Waals surface area (Å²) in [5.74, 6) is 1.17. The smallest absolute Gasteiger partial charge is 0.241 e. The Morgan fingerprint density at radius 2 is 2.14 bits per heavy atom. The Labute approximate surface area is 126 Å². The maximum absolute atomic E-state index is 12.6. The van der Waals surface area contributed by atoms with Crippen LogP contribution in [0.5, 0.6) is 5.75 Å². The van der Waals surface area contributed by atoms with Gasteiger partial charge in [0.1, 0.15) is 11.9 Å². The average molecular weight is 288 g/mol. The number of nitrogens with zero attached hydrogens (tertiary/aromatic N) is 1. The zero-order chi connectivity index (χ0) is 15.0. The van der Waals surface area contributed by atoms with Gasteiger partial charge >= 0.3 is 0 Å². The number of carbonyl (C=O) groups is 1. The van der Waals surface area contributed by atoms with Crippen LogP contribution in [0.4, 0.5) is 0 Å². The molecule has 1 saturated carbocycles. The summed E-state index contributed by atoms with van der Waals surface area (Å²) in [4.78, 5) is 14.7. The number of rotatable bonds is 5. The van der Waals surface area contributed by atoms with Gasteiger partial charge in [0.25, 0.3) is 0 Å². The summed E-state index contributed by atoms with van der Waals surface area (Å²) in [6.07, 6.45) is 4.23. The molecule has 4 heteroatoms. The van der Waals surface area contributed by atoms with Crippen LogP contribution < -0.4 is 10.1 Å². The van der Waals surface area contributed by atoms with E-state index in [1.807, 2.05) is 13.0 Å². The Hall–Kier alpha value is -1.55. The second-order valence-corrected chi connectivity index (χ2v) is 6.12. The lowest BCUT2D eigenvalue weighted by molar-refractivity contribution is -0.130. The van der Waals surface area contributed by atoms with Gasteiger partial charge in [0.15, 0.2) is 0 Å². The first-order valence-electron chi connectivity index (χ1n) is 7.88. The molecule has 1 saturated heterocycles. The maximum atomic E-state index is 12.6. The fourth-order valence-corrected chi connectivity index (χ4v) is 3.22. The molecule has 1 N–H and O–H groups in total. The molecule has 2 aliphatic rings. The van der Waals surface area contributed by atoms with Gasteiger partial charge in [0.05, 0.1) is 13.2 Å². The van der Waals surface area contributed by atoms with Crippen molar-refractivity contribution in [1.82, 2.24) is 10.2 Å². The molecule has 21 heavy (non-hydrogen) atoms. The summed E-state index contributed by atoms with van der Waals surface area (Å²) >= 11 is 0. The summed E-state index contributed by atoms with van der Waals surface area (Å²) in [6.45, 7) is 4.17. The van der Waals surface area contributed by atoms with Gasteiger partial charge in [0, 0.05) is 6.04 Å². The van der Waals surface area contributed by atoms with Gasteiger partial charge < -0.3 is 9.64 Å². The van der Waals surface area contributed by atoms with E-state index in [2.05, 4.69) is 29.3 Å². The molecule has 2 unspecified atom stereocenters. The number of hydrogen-bond donors (Lipinski definition) is 1. The molecular formula is C17H24N2O2. The monoisotopic (exact) mass is 288 g/mol. The molecule has 2 atom stereocenters. The van der Waals surface area contributed by atoms with Crippen molar-refractivity contribution in [3.05, 3.63) is 29.3 Å². The van der Waals surface area contributed by atoms with Crippen LogP contribution in [0.25, 0.3) is 0 Å². The summed E-state index contributed by atoms with van der Waals surface area (Å²) in [5.41, 5.74) is 2.27. The van der Waals surface area contributed by atoms with E-state index in [-0.39, 0.29) is 18.1 Å². The molecule has 1 aliphatic heterocycles. The van der Waals surface area contributed by atoms with Crippen LogP contribution in [-0.4, -0.2) is 30.0 Å². The second kappa shape index (κ2) is 5.68. The SMILES string of the molecule is CCCC1NC(c2ccc(OC)c(C)c2)N(C2CC2)C1=O. The minimum absolute atomic E-state index is 0.0196. The number of carbonyl (C=O) groups excluding carboxylic acids is 1. The third-order valence-corrected chi connectivity index (χ3v) is 4.44. The lowest BCUT2D eigenvalue weighted by atomic mass is 10.1. The van der Waals surface area contributed by atoms with Gasteiger partial charge in [0.2, 0.25) is 5.91 Å². The Bertz CT molecular complexity index is 540. The zero-order valence-electron chi connectivity index (χ0n) is 13.1. The molecule has 114 valence electrons. The highest BCUT2D eigenvalue weighted by atomic mass is 16.5. The molecule has 0 radical (unpaired) electrons. The third-order valence-electron chi connectivity index (χ3n) is 4.44. The fraction of sp³-hybridized carbons (Fsp3) is 0.588. The minimum Gasteiger partial charge on any atom is -0.496 e. The molecule has 2 fully saturated rings. The Kier molecular flexibility index (Phi) is 3.89. The quantitative estimate of drug-likeness (QED) is 0.906. The standard InChI is InChI=1S/C17H24N2O2/c1-4-5-14-17(20)19(13-7-8-13)16(18-14)12-6-9-15(21-3)11(2)10-12/h6,9-10,13-14,16,18H,4-5,7-8H2,1-3H3. The predicted molar refractivity (Wildman–Crippen MR) is 82.2 cm³/mol. The number of methoxy groups -OCH3 is 1. The van der Waals surface area contributed by atoms with Gasteiger partial charge in [-0.25, -0.2) is 0 Å². The van der Waals surface area contributed by atoms with E-state index >= 15 is 0 Å². The van der Waals surface area contributed by atoms with Crippen LogP contribution >= 0.6 is 0 Å². The summed E-state index contributed by atoms with van der Waals surface area (Å²) in [6, 6.07) is 6.60. The fourth-order valence-electron chi connectivity index (χ4n) is 3.22. The molecule has 1 heterocycles. The van der Waals surface area contributed by atoms with Crippen molar-refractivity contribution in [2.75, 3.05) is 7.11 Å². The molecule has 0 bridgehead atoms. The predicted octanol–water partition coefficient (Wildman–Crippen LogP) is 2.77. The van der Waals surface area contributed by atoms with Crippen LogP contribution in [0.3, 0.4) is 0 Å². The van der Waals surface area contributed by atoms with Crippen LogP contribution in [-0.2, 0) is 4.79 Å². The average Bonchev–Trinajstić information content (AvgIpc) is 3.25. The Balaban J connectivity index is 1.88. The van der Waals surface area contributed by atoms with Crippen LogP contribution in [0.1, 0.15) is 49.9 Å². The lowest BCUT2D eigenvalue weighted by Crippen LogP contribution is -2.33. The van der Waals surface area contributed by atoms with Gasteiger partial charge in [-0.3, -0.25) is 10.1 Å².